The zero-order chi connectivity index (χ0) is 24.6. The molecule has 174 valence electrons. The fraction of sp³-hybridized carbons (Fsp3) is 0. The summed E-state index contributed by atoms with van der Waals surface area (Å²) in [5.74, 6) is 0. The average Bonchev–Trinajstić information content (AvgIpc) is 3.36. The van der Waals surface area contributed by atoms with Crippen molar-refractivity contribution in [3.05, 3.63) is 127 Å². The molecule has 0 aliphatic carbocycles. The van der Waals surface area contributed by atoms with Crippen molar-refractivity contribution in [3.63, 3.8) is 0 Å². The lowest BCUT2D eigenvalue weighted by molar-refractivity contribution is 0.879. The monoisotopic (exact) mass is 491 g/mol. The molecule has 0 spiro atoms. The molecule has 4 heteroatoms. The standard InChI is InChI=1S/C33H21N3S/c1-4-12-22(13-5-1)29-26(20-21-28-31(29)25-18-10-11-19-27(25)37-28)33-30(23-14-6-2-7-15-23)32(34-36-35-33)24-16-8-3-9-17-24/h1-21H. The van der Waals surface area contributed by atoms with Crippen molar-refractivity contribution in [3.8, 4) is 44.8 Å². The summed E-state index contributed by atoms with van der Waals surface area (Å²) in [4.78, 5) is 0. The van der Waals surface area contributed by atoms with E-state index < -0.39 is 0 Å². The van der Waals surface area contributed by atoms with Gasteiger partial charge in [0.1, 0.15) is 11.4 Å². The molecule has 0 saturated carbocycles. The van der Waals surface area contributed by atoms with E-state index in [0.717, 1.165) is 39.2 Å². The van der Waals surface area contributed by atoms with Crippen molar-refractivity contribution in [1.82, 2.24) is 15.4 Å². The highest BCUT2D eigenvalue weighted by molar-refractivity contribution is 7.26. The van der Waals surface area contributed by atoms with Crippen LogP contribution in [0.1, 0.15) is 0 Å². The van der Waals surface area contributed by atoms with Gasteiger partial charge in [0.05, 0.1) is 0 Å². The summed E-state index contributed by atoms with van der Waals surface area (Å²) in [5.41, 5.74) is 8.10. The van der Waals surface area contributed by atoms with Crippen LogP contribution in [0.3, 0.4) is 0 Å². The Balaban J connectivity index is 1.62. The minimum absolute atomic E-state index is 0.825. The fourth-order valence-corrected chi connectivity index (χ4v) is 6.22. The second-order valence-electron chi connectivity index (χ2n) is 8.92. The molecule has 0 radical (unpaired) electrons. The van der Waals surface area contributed by atoms with Gasteiger partial charge >= 0.3 is 0 Å². The van der Waals surface area contributed by atoms with Crippen LogP contribution in [0.25, 0.3) is 64.9 Å². The SMILES string of the molecule is c1ccc(-c2nnnc(-c3ccc4sc5ccccc5c4c3-c3ccccc3)c2-c2ccccc2)cc1. The highest BCUT2D eigenvalue weighted by atomic mass is 32.1. The van der Waals surface area contributed by atoms with E-state index in [-0.39, 0.29) is 0 Å². The number of rotatable bonds is 4. The van der Waals surface area contributed by atoms with Crippen molar-refractivity contribution < 1.29 is 0 Å². The lowest BCUT2D eigenvalue weighted by atomic mass is 9.88. The fourth-order valence-electron chi connectivity index (χ4n) is 5.11. The van der Waals surface area contributed by atoms with Gasteiger partial charge in [0.2, 0.25) is 0 Å². The van der Waals surface area contributed by atoms with E-state index in [1.165, 1.54) is 25.7 Å². The Kier molecular flexibility index (Phi) is 5.30. The summed E-state index contributed by atoms with van der Waals surface area (Å²) in [6.45, 7) is 0. The molecule has 2 aromatic heterocycles. The first kappa shape index (κ1) is 21.6. The minimum Gasteiger partial charge on any atom is -0.135 e. The molecular formula is C33H21N3S. The Morgan fingerprint density at radius 2 is 1.00 bits per heavy atom. The number of aromatic nitrogens is 3. The first-order valence-corrected chi connectivity index (χ1v) is 13.0. The van der Waals surface area contributed by atoms with Gasteiger partial charge in [-0.3, -0.25) is 0 Å². The van der Waals surface area contributed by atoms with Crippen LogP contribution in [0.4, 0.5) is 0 Å². The zero-order valence-corrected chi connectivity index (χ0v) is 20.7. The number of fused-ring (bicyclic) bond motifs is 3. The quantitative estimate of drug-likeness (QED) is 0.247. The highest BCUT2D eigenvalue weighted by Gasteiger charge is 2.23. The van der Waals surface area contributed by atoms with Gasteiger partial charge < -0.3 is 0 Å². The third-order valence-corrected chi connectivity index (χ3v) is 7.87. The summed E-state index contributed by atoms with van der Waals surface area (Å²) in [6.07, 6.45) is 0. The van der Waals surface area contributed by atoms with Gasteiger partial charge in [0, 0.05) is 42.4 Å². The molecule has 7 aromatic rings. The average molecular weight is 492 g/mol. The Morgan fingerprint density at radius 3 is 1.70 bits per heavy atom. The molecule has 5 aromatic carbocycles. The van der Waals surface area contributed by atoms with Gasteiger partial charge in [0.15, 0.2) is 0 Å². The van der Waals surface area contributed by atoms with Crippen LogP contribution in [0.15, 0.2) is 127 Å². The second-order valence-corrected chi connectivity index (χ2v) is 10.0. The molecule has 0 aliphatic heterocycles. The minimum atomic E-state index is 0.825. The van der Waals surface area contributed by atoms with E-state index >= 15 is 0 Å². The van der Waals surface area contributed by atoms with Crippen LogP contribution in [0.5, 0.6) is 0 Å². The van der Waals surface area contributed by atoms with E-state index in [0.29, 0.717) is 0 Å². The molecular weight excluding hydrogens is 470 g/mol. The van der Waals surface area contributed by atoms with Crippen LogP contribution in [-0.2, 0) is 0 Å². The molecule has 3 nitrogen and oxygen atoms in total. The van der Waals surface area contributed by atoms with Gasteiger partial charge in [-0.1, -0.05) is 115 Å². The number of hydrogen-bond acceptors (Lipinski definition) is 4. The maximum Gasteiger partial charge on any atom is 0.105 e. The maximum absolute atomic E-state index is 4.71. The van der Waals surface area contributed by atoms with Gasteiger partial charge in [-0.05, 0) is 28.5 Å². The Morgan fingerprint density at radius 1 is 0.432 bits per heavy atom. The molecule has 7 rings (SSSR count). The van der Waals surface area contributed by atoms with Gasteiger partial charge in [0.25, 0.3) is 0 Å². The van der Waals surface area contributed by atoms with Gasteiger partial charge in [-0.2, -0.15) is 0 Å². The molecule has 0 unspecified atom stereocenters. The molecule has 0 saturated heterocycles. The molecule has 0 amide bonds. The molecule has 0 N–H and O–H groups in total. The Hall–Kier alpha value is -4.67. The molecule has 0 atom stereocenters. The first-order valence-electron chi connectivity index (χ1n) is 12.2. The van der Waals surface area contributed by atoms with Crippen LogP contribution >= 0.6 is 11.3 Å². The van der Waals surface area contributed by atoms with Gasteiger partial charge in [-0.25, -0.2) is 0 Å². The van der Waals surface area contributed by atoms with Gasteiger partial charge in [-0.15, -0.1) is 21.5 Å². The van der Waals surface area contributed by atoms with E-state index in [9.17, 15) is 0 Å². The van der Waals surface area contributed by atoms with E-state index in [1.807, 2.05) is 35.6 Å². The Bertz CT molecular complexity index is 1860. The molecule has 37 heavy (non-hydrogen) atoms. The van der Waals surface area contributed by atoms with Crippen LogP contribution in [0.2, 0.25) is 0 Å². The van der Waals surface area contributed by atoms with Crippen LogP contribution < -0.4 is 0 Å². The number of thiophene rings is 1. The third kappa shape index (κ3) is 3.70. The molecule has 0 fully saturated rings. The van der Waals surface area contributed by atoms with Crippen molar-refractivity contribution in [2.45, 2.75) is 0 Å². The highest BCUT2D eigenvalue weighted by Crippen LogP contribution is 2.47. The van der Waals surface area contributed by atoms with E-state index in [4.69, 9.17) is 5.10 Å². The third-order valence-electron chi connectivity index (χ3n) is 6.73. The lowest BCUT2D eigenvalue weighted by Gasteiger charge is -2.17. The van der Waals surface area contributed by atoms with E-state index in [1.54, 1.807) is 0 Å². The smallest absolute Gasteiger partial charge is 0.105 e. The summed E-state index contributed by atoms with van der Waals surface area (Å²) in [5, 5.41) is 16.1. The lowest BCUT2D eigenvalue weighted by Crippen LogP contribution is -2.01. The summed E-state index contributed by atoms with van der Waals surface area (Å²) >= 11 is 1.83. The number of nitrogens with zero attached hydrogens (tertiary/aromatic N) is 3. The molecule has 0 aliphatic rings. The maximum atomic E-state index is 4.71. The summed E-state index contributed by atoms with van der Waals surface area (Å²) in [6, 6.07) is 44.3. The van der Waals surface area contributed by atoms with E-state index in [2.05, 4.69) is 113 Å². The van der Waals surface area contributed by atoms with Crippen molar-refractivity contribution in [2.24, 2.45) is 0 Å². The normalized spacial score (nSPS) is 11.2. The largest absolute Gasteiger partial charge is 0.135 e. The van der Waals surface area contributed by atoms with Crippen LogP contribution in [-0.4, -0.2) is 15.4 Å². The first-order chi connectivity index (χ1) is 18.4. The summed E-state index contributed by atoms with van der Waals surface area (Å²) < 4.78 is 2.54. The van der Waals surface area contributed by atoms with Crippen molar-refractivity contribution >= 4 is 31.5 Å². The number of benzene rings is 5. The van der Waals surface area contributed by atoms with Crippen molar-refractivity contribution in [1.29, 1.82) is 0 Å². The number of hydrogen-bond donors (Lipinski definition) is 0. The summed E-state index contributed by atoms with van der Waals surface area (Å²) in [7, 11) is 0. The molecule has 2 heterocycles. The molecule has 0 bridgehead atoms. The zero-order valence-electron chi connectivity index (χ0n) is 19.9. The predicted octanol–water partition coefficient (Wildman–Crippen LogP) is 8.91. The van der Waals surface area contributed by atoms with Crippen molar-refractivity contribution in [2.75, 3.05) is 0 Å². The second kappa shape index (κ2) is 9.08. The van der Waals surface area contributed by atoms with Crippen LogP contribution in [0, 0.1) is 0 Å². The Labute approximate surface area is 218 Å². The topological polar surface area (TPSA) is 38.7 Å². The predicted molar refractivity (Wildman–Crippen MR) is 154 cm³/mol.